The number of nitrogens with zero attached hydrogens (tertiary/aromatic N) is 10. The number of nitrogens with one attached hydrogen (secondary N) is 5. The molecule has 7 N–H and O–H groups in total. The van der Waals surface area contributed by atoms with Crippen molar-refractivity contribution in [3.05, 3.63) is 145 Å². The molecule has 10 aromatic rings. The number of aromatic nitrogens is 12. The number of aryl methyl sites for hydroxylation is 1. The molecule has 1 amide bonds. The van der Waals surface area contributed by atoms with Crippen LogP contribution in [0.3, 0.4) is 0 Å². The second-order valence-electron chi connectivity index (χ2n) is 16.6. The van der Waals surface area contributed by atoms with Crippen LogP contribution < -0.4 is 20.9 Å². The van der Waals surface area contributed by atoms with E-state index in [9.17, 15) is 4.79 Å². The summed E-state index contributed by atoms with van der Waals surface area (Å²) in [6.07, 6.45) is 10.8. The first-order chi connectivity index (χ1) is 34.4. The number of nitrogen functional groups attached to an aromatic ring is 1. The molecule has 19 heteroatoms. The molecule has 8 aromatic heterocycles. The van der Waals surface area contributed by atoms with Gasteiger partial charge in [-0.05, 0) is 48.9 Å². The van der Waals surface area contributed by atoms with Crippen LogP contribution in [-0.4, -0.2) is 119 Å². The highest BCUT2D eigenvalue weighted by Crippen LogP contribution is 2.29. The van der Waals surface area contributed by atoms with Crippen molar-refractivity contribution >= 4 is 51.2 Å². The molecule has 2 aliphatic heterocycles. The zero-order valence-corrected chi connectivity index (χ0v) is 38.3. The minimum Gasteiger partial charge on any atom is -0.382 e. The van der Waals surface area contributed by atoms with Crippen LogP contribution in [0, 0.1) is 6.92 Å². The number of ether oxygens (including phenoxy) is 2. The lowest BCUT2D eigenvalue weighted by Gasteiger charge is -2.27. The molecule has 10 heterocycles. The number of pyridine rings is 4. The molecular weight excluding hydrogens is 897 g/mol. The summed E-state index contributed by atoms with van der Waals surface area (Å²) in [4.78, 5) is 50.6. The Kier molecular flexibility index (Phi) is 14.7. The Bertz CT molecular complexity index is 3290. The molecular formula is C52H54N16O3. The monoisotopic (exact) mass is 950 g/mol. The van der Waals surface area contributed by atoms with Gasteiger partial charge in [-0.15, -0.1) is 0 Å². The van der Waals surface area contributed by atoms with Crippen LogP contribution in [0.25, 0.3) is 67.4 Å². The number of benzene rings is 2. The van der Waals surface area contributed by atoms with Crippen LogP contribution in [0.2, 0.25) is 0 Å². The van der Waals surface area contributed by atoms with Gasteiger partial charge in [-0.3, -0.25) is 25.0 Å². The summed E-state index contributed by atoms with van der Waals surface area (Å²) >= 11 is 0. The van der Waals surface area contributed by atoms with Gasteiger partial charge in [0.1, 0.15) is 28.5 Å². The Labute approximate surface area is 409 Å². The van der Waals surface area contributed by atoms with E-state index in [1.54, 1.807) is 43.1 Å². The molecule has 360 valence electrons. The highest BCUT2D eigenvalue weighted by atomic mass is 16.5. The smallest absolute Gasteiger partial charge is 0.229 e. The van der Waals surface area contributed by atoms with E-state index in [0.717, 1.165) is 124 Å². The number of hydrogen-bond donors (Lipinski definition) is 6. The fourth-order valence-corrected chi connectivity index (χ4v) is 8.06. The number of H-pyrrole nitrogens is 4. The van der Waals surface area contributed by atoms with Crippen molar-refractivity contribution in [3.63, 3.8) is 0 Å². The molecule has 0 aliphatic carbocycles. The number of aromatic amines is 4. The van der Waals surface area contributed by atoms with Crippen molar-refractivity contribution in [1.82, 2.24) is 60.3 Å². The third kappa shape index (κ3) is 11.4. The van der Waals surface area contributed by atoms with E-state index in [1.165, 1.54) is 5.56 Å². The molecule has 0 spiro atoms. The second-order valence-corrected chi connectivity index (χ2v) is 16.6. The standard InChI is InChI=1S/C26H24N8O2.C17H18N4O.C8H8N4.CH4/c35-23(30-22-15-21(32-33-22)19-2-1-8-27-16-19)14-17-3-5-18(6-4-17)25-29-20-7-9-28-26(24(20)31-25)34-10-12-36-13-11-34;1-12-2-4-13(5-3-12)16-19-14-6-7-18-17(15(14)20-16)21-8-10-22-11-9-21;9-8-4-7(11-12-8)6-2-1-3-10-5-6;/h1-9,15-16H,10-14H2,(H,29,31)(H2,30,32,33,35);2-7H,8-11H2,1H3,(H,19,20);1-5H,(H3,9,11,12);1H4. The zero-order chi connectivity index (χ0) is 47.7. The predicted molar refractivity (Wildman–Crippen MR) is 277 cm³/mol. The van der Waals surface area contributed by atoms with Crippen molar-refractivity contribution in [2.24, 2.45) is 0 Å². The molecule has 71 heavy (non-hydrogen) atoms. The maximum absolute atomic E-state index is 12.6. The minimum atomic E-state index is -0.142. The van der Waals surface area contributed by atoms with Crippen molar-refractivity contribution in [1.29, 1.82) is 0 Å². The van der Waals surface area contributed by atoms with E-state index in [2.05, 4.69) is 96.6 Å². The lowest BCUT2D eigenvalue weighted by Crippen LogP contribution is -2.36. The summed E-state index contributed by atoms with van der Waals surface area (Å²) in [6.45, 7) is 8.27. The quantitative estimate of drug-likeness (QED) is 0.0806. The third-order valence-electron chi connectivity index (χ3n) is 11.7. The zero-order valence-electron chi connectivity index (χ0n) is 38.3. The van der Waals surface area contributed by atoms with Gasteiger partial charge >= 0.3 is 0 Å². The minimum absolute atomic E-state index is 0. The van der Waals surface area contributed by atoms with E-state index < -0.39 is 0 Å². The number of fused-ring (bicyclic) bond motifs is 2. The molecule has 0 saturated carbocycles. The van der Waals surface area contributed by atoms with E-state index >= 15 is 0 Å². The number of nitrogens with two attached hydrogens (primary N) is 1. The number of anilines is 4. The van der Waals surface area contributed by atoms with Gasteiger partial charge in [-0.1, -0.05) is 61.5 Å². The first-order valence-corrected chi connectivity index (χ1v) is 22.9. The van der Waals surface area contributed by atoms with Crippen LogP contribution in [0.4, 0.5) is 23.3 Å². The molecule has 0 bridgehead atoms. The summed E-state index contributed by atoms with van der Waals surface area (Å²) in [6, 6.07) is 31.3. The number of rotatable bonds is 9. The molecule has 2 aliphatic rings. The lowest BCUT2D eigenvalue weighted by molar-refractivity contribution is -0.115. The van der Waals surface area contributed by atoms with E-state index in [0.29, 0.717) is 24.8 Å². The molecule has 2 saturated heterocycles. The summed E-state index contributed by atoms with van der Waals surface area (Å²) in [5, 5.41) is 16.6. The Morgan fingerprint density at radius 1 is 0.634 bits per heavy atom. The van der Waals surface area contributed by atoms with Gasteiger partial charge in [0.25, 0.3) is 0 Å². The molecule has 0 atom stereocenters. The highest BCUT2D eigenvalue weighted by molar-refractivity contribution is 5.92. The Morgan fingerprint density at radius 3 is 1.63 bits per heavy atom. The molecule has 0 radical (unpaired) electrons. The van der Waals surface area contributed by atoms with Gasteiger partial charge in [-0.2, -0.15) is 10.2 Å². The van der Waals surface area contributed by atoms with E-state index in [4.69, 9.17) is 25.2 Å². The molecule has 2 fully saturated rings. The molecule has 2 aromatic carbocycles. The Morgan fingerprint density at radius 2 is 1.14 bits per heavy atom. The van der Waals surface area contributed by atoms with Crippen LogP contribution in [0.1, 0.15) is 18.6 Å². The molecule has 19 nitrogen and oxygen atoms in total. The maximum atomic E-state index is 12.6. The number of carbonyl (C=O) groups excluding carboxylic acids is 1. The number of imidazole rings is 2. The number of morpholine rings is 2. The normalized spacial score (nSPS) is 13.4. The van der Waals surface area contributed by atoms with Crippen molar-refractivity contribution < 1.29 is 14.3 Å². The Hall–Kier alpha value is -8.81. The van der Waals surface area contributed by atoms with E-state index in [-0.39, 0.29) is 19.8 Å². The van der Waals surface area contributed by atoms with Crippen LogP contribution in [0.5, 0.6) is 0 Å². The van der Waals surface area contributed by atoms with Gasteiger partial charge in [0.2, 0.25) is 5.91 Å². The van der Waals surface area contributed by atoms with Crippen LogP contribution >= 0.6 is 0 Å². The third-order valence-corrected chi connectivity index (χ3v) is 11.7. The topological polar surface area (TPSA) is 246 Å². The fourth-order valence-electron chi connectivity index (χ4n) is 8.06. The number of carbonyl (C=O) groups is 1. The van der Waals surface area contributed by atoms with Crippen LogP contribution in [-0.2, 0) is 20.7 Å². The van der Waals surface area contributed by atoms with Crippen molar-refractivity contribution in [3.8, 4) is 45.3 Å². The average molecular weight is 951 g/mol. The SMILES string of the molecule is C.Cc1ccc(-c2nc3c(N4CCOCC4)nccc3[nH]2)cc1.Nc1cc(-c2cccnc2)[nH]n1.O=C(Cc1ccc(-c2nc3c(N4CCOCC4)nccc3[nH]2)cc1)Nc1cc(-c2cccnc2)[nH]n1. The fraction of sp³-hybridized carbons (Fsp3) is 0.212. The predicted octanol–water partition coefficient (Wildman–Crippen LogP) is 7.89. The molecule has 0 unspecified atom stereocenters. The van der Waals surface area contributed by atoms with E-state index in [1.807, 2.05) is 66.9 Å². The second kappa shape index (κ2) is 22.1. The summed E-state index contributed by atoms with van der Waals surface area (Å²) < 4.78 is 10.9. The van der Waals surface area contributed by atoms with Gasteiger partial charge in [0.15, 0.2) is 17.5 Å². The van der Waals surface area contributed by atoms with Gasteiger partial charge in [0, 0.05) is 97.7 Å². The van der Waals surface area contributed by atoms with Crippen LogP contribution in [0.15, 0.2) is 134 Å². The lowest BCUT2D eigenvalue weighted by atomic mass is 10.1. The largest absolute Gasteiger partial charge is 0.382 e. The summed E-state index contributed by atoms with van der Waals surface area (Å²) in [5.41, 5.74) is 16.9. The Balaban J connectivity index is 0.000000150. The average Bonchev–Trinajstić information content (AvgIpc) is 4.25. The summed E-state index contributed by atoms with van der Waals surface area (Å²) in [5.74, 6) is 4.29. The molecule has 12 rings (SSSR count). The summed E-state index contributed by atoms with van der Waals surface area (Å²) in [7, 11) is 0. The number of amides is 1. The number of hydrogen-bond acceptors (Lipinski definition) is 14. The van der Waals surface area contributed by atoms with Crippen molar-refractivity contribution in [2.45, 2.75) is 20.8 Å². The first-order valence-electron chi connectivity index (χ1n) is 22.9. The highest BCUT2D eigenvalue weighted by Gasteiger charge is 2.20. The maximum Gasteiger partial charge on any atom is 0.229 e. The van der Waals surface area contributed by atoms with Gasteiger partial charge < -0.3 is 40.3 Å². The van der Waals surface area contributed by atoms with Gasteiger partial charge in [-0.25, -0.2) is 19.9 Å². The van der Waals surface area contributed by atoms with Crippen molar-refractivity contribution in [2.75, 3.05) is 73.5 Å². The first kappa shape index (κ1) is 47.3. The van der Waals surface area contributed by atoms with Gasteiger partial charge in [0.05, 0.1) is 55.3 Å².